The first-order valence-corrected chi connectivity index (χ1v) is 7.72. The second-order valence-electron chi connectivity index (χ2n) is 5.62. The Balaban J connectivity index is 1.64. The van der Waals surface area contributed by atoms with Gasteiger partial charge in [-0.25, -0.2) is 9.37 Å². The van der Waals surface area contributed by atoms with Crippen LogP contribution in [0.1, 0.15) is 43.1 Å². The van der Waals surface area contributed by atoms with Crippen molar-refractivity contribution in [2.75, 3.05) is 6.54 Å². The van der Waals surface area contributed by atoms with Gasteiger partial charge < -0.3 is 9.88 Å². The zero-order valence-corrected chi connectivity index (χ0v) is 12.8. The number of nitrogens with one attached hydrogen (secondary N) is 1. The minimum absolute atomic E-state index is 0.133. The number of hydrogen-bond donors (Lipinski definition) is 1. The second kappa shape index (κ2) is 6.16. The molecule has 1 aromatic heterocycles. The first-order chi connectivity index (χ1) is 10.1. The quantitative estimate of drug-likeness (QED) is 0.928. The Morgan fingerprint density at radius 1 is 1.52 bits per heavy atom. The van der Waals surface area contributed by atoms with Gasteiger partial charge in [-0.1, -0.05) is 17.7 Å². The summed E-state index contributed by atoms with van der Waals surface area (Å²) in [5.41, 5.74) is 1.00. The largest absolute Gasteiger partial charge is 0.335 e. The van der Waals surface area contributed by atoms with E-state index in [-0.39, 0.29) is 16.9 Å². The Hall–Kier alpha value is -1.39. The van der Waals surface area contributed by atoms with Crippen LogP contribution >= 0.6 is 11.6 Å². The zero-order valence-electron chi connectivity index (χ0n) is 12.0. The first kappa shape index (κ1) is 14.5. The average Bonchev–Trinajstić information content (AvgIpc) is 2.96. The van der Waals surface area contributed by atoms with E-state index in [1.165, 1.54) is 12.5 Å². The Morgan fingerprint density at radius 2 is 2.38 bits per heavy atom. The van der Waals surface area contributed by atoms with Gasteiger partial charge in [0.1, 0.15) is 11.6 Å². The second-order valence-corrected chi connectivity index (χ2v) is 6.03. The summed E-state index contributed by atoms with van der Waals surface area (Å²) in [5, 5.41) is 3.69. The maximum atomic E-state index is 13.2. The molecule has 2 atom stereocenters. The molecule has 0 saturated heterocycles. The van der Waals surface area contributed by atoms with E-state index in [2.05, 4.69) is 21.8 Å². The molecule has 0 saturated carbocycles. The van der Waals surface area contributed by atoms with Crippen molar-refractivity contribution in [1.82, 2.24) is 14.9 Å². The van der Waals surface area contributed by atoms with Crippen LogP contribution in [-0.4, -0.2) is 16.1 Å². The highest BCUT2D eigenvalue weighted by Crippen LogP contribution is 2.26. The van der Waals surface area contributed by atoms with E-state index in [0.29, 0.717) is 5.92 Å². The molecular formula is C16H19ClFN3. The third-order valence-corrected chi connectivity index (χ3v) is 4.47. The van der Waals surface area contributed by atoms with Crippen LogP contribution in [0.4, 0.5) is 4.39 Å². The maximum Gasteiger partial charge on any atom is 0.141 e. The van der Waals surface area contributed by atoms with Crippen LogP contribution in [0.25, 0.3) is 0 Å². The van der Waals surface area contributed by atoms with Crippen LogP contribution in [0.2, 0.25) is 5.02 Å². The fraction of sp³-hybridized carbons (Fsp3) is 0.438. The lowest BCUT2D eigenvalue weighted by atomic mass is 9.98. The van der Waals surface area contributed by atoms with E-state index in [1.54, 1.807) is 12.1 Å². The lowest BCUT2D eigenvalue weighted by Gasteiger charge is -2.25. The number of halogens is 2. The van der Waals surface area contributed by atoms with Gasteiger partial charge in [0.05, 0.1) is 5.02 Å². The minimum atomic E-state index is -0.373. The van der Waals surface area contributed by atoms with Crippen molar-refractivity contribution in [2.45, 2.75) is 38.3 Å². The first-order valence-electron chi connectivity index (χ1n) is 7.34. The Bertz CT molecular complexity index is 626. The van der Waals surface area contributed by atoms with Gasteiger partial charge >= 0.3 is 0 Å². The summed E-state index contributed by atoms with van der Waals surface area (Å²) in [7, 11) is 0. The molecule has 0 fully saturated rings. The summed E-state index contributed by atoms with van der Waals surface area (Å²) in [6, 6.07) is 5.02. The van der Waals surface area contributed by atoms with Gasteiger partial charge in [-0.2, -0.15) is 0 Å². The van der Waals surface area contributed by atoms with Gasteiger partial charge in [0.25, 0.3) is 0 Å². The van der Waals surface area contributed by atoms with Crippen LogP contribution in [0, 0.1) is 5.82 Å². The highest BCUT2D eigenvalue weighted by Gasteiger charge is 2.21. The predicted octanol–water partition coefficient (Wildman–Crippen LogP) is 3.90. The molecule has 0 spiro atoms. The number of aromatic nitrogens is 2. The summed E-state index contributed by atoms with van der Waals surface area (Å²) in [6.45, 7) is 4.00. The summed E-state index contributed by atoms with van der Waals surface area (Å²) in [4.78, 5) is 4.47. The molecule has 0 bridgehead atoms. The molecule has 21 heavy (non-hydrogen) atoms. The monoisotopic (exact) mass is 307 g/mol. The molecule has 0 amide bonds. The van der Waals surface area contributed by atoms with Crippen molar-refractivity contribution >= 4 is 11.6 Å². The Kier molecular flexibility index (Phi) is 4.27. The normalized spacial score (nSPS) is 19.3. The van der Waals surface area contributed by atoms with Crippen LogP contribution < -0.4 is 5.32 Å². The number of nitrogens with zero attached hydrogens (tertiary/aromatic N) is 2. The van der Waals surface area contributed by atoms with Crippen molar-refractivity contribution in [3.63, 3.8) is 0 Å². The van der Waals surface area contributed by atoms with Gasteiger partial charge in [0, 0.05) is 37.4 Å². The van der Waals surface area contributed by atoms with Crippen LogP contribution in [-0.2, 0) is 6.54 Å². The summed E-state index contributed by atoms with van der Waals surface area (Å²) in [6.07, 6.45) is 6.26. The molecule has 0 unspecified atom stereocenters. The molecule has 0 radical (unpaired) electrons. The molecule has 5 heteroatoms. The third kappa shape index (κ3) is 3.11. The van der Waals surface area contributed by atoms with Gasteiger partial charge in [-0.3, -0.25) is 0 Å². The number of fused-ring (bicyclic) bond motifs is 1. The fourth-order valence-corrected chi connectivity index (χ4v) is 3.11. The smallest absolute Gasteiger partial charge is 0.141 e. The standard InChI is InChI=1S/C16H19ClFN3/c1-11(12-4-5-15(18)14(17)9-12)20-10-13-3-2-7-21-8-6-19-16(13)21/h4-6,8-9,11,13,20H,2-3,7,10H2,1H3/t11-,13+/m1/s1. The number of aryl methyl sites for hydroxylation is 1. The lowest BCUT2D eigenvalue weighted by molar-refractivity contribution is 0.408. The van der Waals surface area contributed by atoms with Gasteiger partial charge in [0.2, 0.25) is 0 Å². The van der Waals surface area contributed by atoms with E-state index in [1.807, 2.05) is 12.4 Å². The van der Waals surface area contributed by atoms with Crippen molar-refractivity contribution < 1.29 is 4.39 Å². The van der Waals surface area contributed by atoms with Crippen molar-refractivity contribution in [1.29, 1.82) is 0 Å². The van der Waals surface area contributed by atoms with Crippen molar-refractivity contribution in [3.8, 4) is 0 Å². The Labute approximate surface area is 129 Å². The van der Waals surface area contributed by atoms with E-state index in [4.69, 9.17) is 11.6 Å². The molecule has 1 N–H and O–H groups in total. The van der Waals surface area contributed by atoms with E-state index >= 15 is 0 Å². The minimum Gasteiger partial charge on any atom is -0.335 e. The van der Waals surface area contributed by atoms with Crippen LogP contribution in [0.3, 0.4) is 0 Å². The highest BCUT2D eigenvalue weighted by molar-refractivity contribution is 6.30. The lowest BCUT2D eigenvalue weighted by Crippen LogP contribution is -2.28. The molecule has 112 valence electrons. The molecular weight excluding hydrogens is 289 g/mol. The molecule has 3 nitrogen and oxygen atoms in total. The Morgan fingerprint density at radius 3 is 3.19 bits per heavy atom. The molecule has 0 aliphatic carbocycles. The van der Waals surface area contributed by atoms with Crippen molar-refractivity contribution in [2.24, 2.45) is 0 Å². The average molecular weight is 308 g/mol. The third-order valence-electron chi connectivity index (χ3n) is 4.18. The molecule has 1 aliphatic rings. The maximum absolute atomic E-state index is 13.2. The molecule has 1 aromatic carbocycles. The summed E-state index contributed by atoms with van der Waals surface area (Å²) in [5.74, 6) is 1.23. The van der Waals surface area contributed by atoms with E-state index in [9.17, 15) is 4.39 Å². The van der Waals surface area contributed by atoms with Gasteiger partial charge in [-0.05, 0) is 37.5 Å². The number of hydrogen-bond acceptors (Lipinski definition) is 2. The predicted molar refractivity (Wildman–Crippen MR) is 82.0 cm³/mol. The van der Waals surface area contributed by atoms with E-state index in [0.717, 1.165) is 30.9 Å². The molecule has 1 aliphatic heterocycles. The number of imidazole rings is 1. The SMILES string of the molecule is C[C@@H](NC[C@@H]1CCCn2ccnc21)c1ccc(F)c(Cl)c1. The molecule has 2 heterocycles. The highest BCUT2D eigenvalue weighted by atomic mass is 35.5. The van der Waals surface area contributed by atoms with Crippen LogP contribution in [0.15, 0.2) is 30.6 Å². The number of rotatable bonds is 4. The van der Waals surface area contributed by atoms with Gasteiger partial charge in [0.15, 0.2) is 0 Å². The summed E-state index contributed by atoms with van der Waals surface area (Å²) < 4.78 is 15.4. The topological polar surface area (TPSA) is 29.9 Å². The zero-order chi connectivity index (χ0) is 14.8. The fourth-order valence-electron chi connectivity index (χ4n) is 2.92. The summed E-state index contributed by atoms with van der Waals surface area (Å²) >= 11 is 5.84. The van der Waals surface area contributed by atoms with E-state index < -0.39 is 0 Å². The molecule has 3 rings (SSSR count). The van der Waals surface area contributed by atoms with Crippen LogP contribution in [0.5, 0.6) is 0 Å². The van der Waals surface area contributed by atoms with Crippen molar-refractivity contribution in [3.05, 3.63) is 52.8 Å². The number of benzene rings is 1. The van der Waals surface area contributed by atoms with Gasteiger partial charge in [-0.15, -0.1) is 0 Å². The molecule has 2 aromatic rings.